The molecule has 1 rings (SSSR count). The molecule has 0 saturated carbocycles. The Kier molecular flexibility index (Phi) is 5.18. The summed E-state index contributed by atoms with van der Waals surface area (Å²) in [5.41, 5.74) is 0.807. The lowest BCUT2D eigenvalue weighted by Gasteiger charge is -2.15. The van der Waals surface area contributed by atoms with Gasteiger partial charge >= 0.3 is 5.97 Å². The molecule has 5 nitrogen and oxygen atoms in total. The standard InChI is InChI=1S/C11H15ClN2O3/c1-3-17-11(16)8-5-13-10(12)4-9(8)14-7(2)6-15/h4-5,7,15H,3,6H2,1-2H3,(H,13,14)/t7-/m1/s1. The van der Waals surface area contributed by atoms with Crippen molar-refractivity contribution in [3.8, 4) is 0 Å². The zero-order valence-electron chi connectivity index (χ0n) is 9.74. The molecule has 1 heterocycles. The van der Waals surface area contributed by atoms with Crippen molar-refractivity contribution >= 4 is 23.3 Å². The van der Waals surface area contributed by atoms with Crippen molar-refractivity contribution in [3.05, 3.63) is 23.0 Å². The van der Waals surface area contributed by atoms with Crippen LogP contribution in [0.25, 0.3) is 0 Å². The Hall–Kier alpha value is -1.33. The molecule has 1 atom stereocenters. The van der Waals surface area contributed by atoms with Crippen LogP contribution in [0.3, 0.4) is 0 Å². The van der Waals surface area contributed by atoms with Gasteiger partial charge in [0.25, 0.3) is 0 Å². The number of halogens is 1. The molecule has 0 unspecified atom stereocenters. The average molecular weight is 259 g/mol. The SMILES string of the molecule is CCOC(=O)c1cnc(Cl)cc1N[C@H](C)CO. The first-order valence-corrected chi connectivity index (χ1v) is 5.66. The van der Waals surface area contributed by atoms with Crippen LogP contribution >= 0.6 is 11.6 Å². The monoisotopic (exact) mass is 258 g/mol. The number of esters is 1. The average Bonchev–Trinajstić information content (AvgIpc) is 2.29. The Morgan fingerprint density at radius 3 is 3.00 bits per heavy atom. The second-order valence-corrected chi connectivity index (χ2v) is 3.89. The predicted octanol–water partition coefficient (Wildman–Crippen LogP) is 1.70. The summed E-state index contributed by atoms with van der Waals surface area (Å²) in [7, 11) is 0. The minimum atomic E-state index is -0.468. The van der Waals surface area contributed by atoms with E-state index in [0.29, 0.717) is 11.3 Å². The van der Waals surface area contributed by atoms with Crippen molar-refractivity contribution in [2.45, 2.75) is 19.9 Å². The number of nitrogens with zero attached hydrogens (tertiary/aromatic N) is 1. The molecule has 0 aliphatic rings. The number of carbonyl (C=O) groups excluding carboxylic acids is 1. The van der Waals surface area contributed by atoms with Gasteiger partial charge in [-0.3, -0.25) is 0 Å². The number of hydrogen-bond donors (Lipinski definition) is 2. The second kappa shape index (κ2) is 6.42. The summed E-state index contributed by atoms with van der Waals surface area (Å²) in [5, 5.41) is 12.2. The van der Waals surface area contributed by atoms with E-state index in [0.717, 1.165) is 0 Å². The van der Waals surface area contributed by atoms with Crippen molar-refractivity contribution < 1.29 is 14.6 Å². The molecule has 6 heteroatoms. The molecule has 0 bridgehead atoms. The molecule has 0 aliphatic heterocycles. The fourth-order valence-corrected chi connectivity index (χ4v) is 1.39. The summed E-state index contributed by atoms with van der Waals surface area (Å²) < 4.78 is 4.90. The molecule has 0 aliphatic carbocycles. The van der Waals surface area contributed by atoms with Crippen LogP contribution in [0.15, 0.2) is 12.3 Å². The summed E-state index contributed by atoms with van der Waals surface area (Å²) in [6, 6.07) is 1.33. The van der Waals surface area contributed by atoms with E-state index in [-0.39, 0.29) is 24.4 Å². The lowest BCUT2D eigenvalue weighted by Crippen LogP contribution is -2.21. The number of pyridine rings is 1. The fourth-order valence-electron chi connectivity index (χ4n) is 1.23. The van der Waals surface area contributed by atoms with Crippen molar-refractivity contribution in [3.63, 3.8) is 0 Å². The minimum Gasteiger partial charge on any atom is -0.462 e. The van der Waals surface area contributed by atoms with E-state index in [1.807, 2.05) is 0 Å². The number of hydrogen-bond acceptors (Lipinski definition) is 5. The minimum absolute atomic E-state index is 0.0534. The molecule has 0 spiro atoms. The summed E-state index contributed by atoms with van der Waals surface area (Å²) >= 11 is 5.76. The molecule has 0 saturated heterocycles. The summed E-state index contributed by atoms with van der Waals surface area (Å²) in [4.78, 5) is 15.5. The van der Waals surface area contributed by atoms with Crippen LogP contribution in [0, 0.1) is 0 Å². The van der Waals surface area contributed by atoms with Gasteiger partial charge in [-0.05, 0) is 19.9 Å². The Morgan fingerprint density at radius 2 is 2.41 bits per heavy atom. The summed E-state index contributed by atoms with van der Waals surface area (Å²) in [5.74, 6) is -0.468. The van der Waals surface area contributed by atoms with Crippen LogP contribution in [0.5, 0.6) is 0 Å². The first kappa shape index (κ1) is 13.7. The lowest BCUT2D eigenvalue weighted by atomic mass is 10.2. The van der Waals surface area contributed by atoms with Crippen LogP contribution in [0.2, 0.25) is 5.15 Å². The molecular formula is C11H15ClN2O3. The van der Waals surface area contributed by atoms with Crippen LogP contribution in [-0.2, 0) is 4.74 Å². The summed E-state index contributed by atoms with van der Waals surface area (Å²) in [6.45, 7) is 3.74. The third-order valence-corrected chi connectivity index (χ3v) is 2.25. The highest BCUT2D eigenvalue weighted by molar-refractivity contribution is 6.29. The molecule has 17 heavy (non-hydrogen) atoms. The molecule has 0 radical (unpaired) electrons. The van der Waals surface area contributed by atoms with E-state index in [2.05, 4.69) is 10.3 Å². The van der Waals surface area contributed by atoms with Crippen LogP contribution in [0.1, 0.15) is 24.2 Å². The molecule has 94 valence electrons. The number of carbonyl (C=O) groups is 1. The molecule has 0 aromatic carbocycles. The topological polar surface area (TPSA) is 71.5 Å². The van der Waals surface area contributed by atoms with E-state index < -0.39 is 5.97 Å². The second-order valence-electron chi connectivity index (χ2n) is 3.50. The third-order valence-electron chi connectivity index (χ3n) is 2.04. The predicted molar refractivity (Wildman–Crippen MR) is 65.4 cm³/mol. The van der Waals surface area contributed by atoms with Gasteiger partial charge in [0.15, 0.2) is 0 Å². The maximum absolute atomic E-state index is 11.6. The highest BCUT2D eigenvalue weighted by Crippen LogP contribution is 2.20. The van der Waals surface area contributed by atoms with Gasteiger partial charge < -0.3 is 15.2 Å². The van der Waals surface area contributed by atoms with E-state index in [1.165, 1.54) is 12.3 Å². The van der Waals surface area contributed by atoms with E-state index >= 15 is 0 Å². The highest BCUT2D eigenvalue weighted by Gasteiger charge is 2.15. The third kappa shape index (κ3) is 3.87. The maximum Gasteiger partial charge on any atom is 0.341 e. The Labute approximate surface area is 105 Å². The zero-order valence-corrected chi connectivity index (χ0v) is 10.5. The largest absolute Gasteiger partial charge is 0.462 e. The molecule has 1 aromatic rings. The normalized spacial score (nSPS) is 12.0. The van der Waals surface area contributed by atoms with E-state index in [9.17, 15) is 4.79 Å². The van der Waals surface area contributed by atoms with Crippen molar-refractivity contribution in [1.82, 2.24) is 4.98 Å². The van der Waals surface area contributed by atoms with Crippen LogP contribution in [0.4, 0.5) is 5.69 Å². The maximum atomic E-state index is 11.6. The van der Waals surface area contributed by atoms with Gasteiger partial charge in [-0.1, -0.05) is 11.6 Å². The van der Waals surface area contributed by atoms with Gasteiger partial charge in [-0.15, -0.1) is 0 Å². The first-order valence-electron chi connectivity index (χ1n) is 5.28. The zero-order chi connectivity index (χ0) is 12.8. The Balaban J connectivity index is 2.99. The number of aromatic nitrogens is 1. The Morgan fingerprint density at radius 1 is 1.71 bits per heavy atom. The van der Waals surface area contributed by atoms with Gasteiger partial charge in [0.2, 0.25) is 0 Å². The van der Waals surface area contributed by atoms with Gasteiger partial charge in [0.1, 0.15) is 10.7 Å². The van der Waals surface area contributed by atoms with Crippen LogP contribution < -0.4 is 5.32 Å². The number of aliphatic hydroxyl groups is 1. The summed E-state index contributed by atoms with van der Waals surface area (Å²) in [6.07, 6.45) is 1.35. The number of rotatable bonds is 5. The van der Waals surface area contributed by atoms with Crippen molar-refractivity contribution in [1.29, 1.82) is 0 Å². The smallest absolute Gasteiger partial charge is 0.341 e. The van der Waals surface area contributed by atoms with Gasteiger partial charge in [-0.25, -0.2) is 9.78 Å². The quantitative estimate of drug-likeness (QED) is 0.621. The van der Waals surface area contributed by atoms with Crippen molar-refractivity contribution in [2.75, 3.05) is 18.5 Å². The van der Waals surface area contributed by atoms with Crippen LogP contribution in [-0.4, -0.2) is 35.3 Å². The number of ether oxygens (including phenoxy) is 1. The fraction of sp³-hybridized carbons (Fsp3) is 0.455. The highest BCUT2D eigenvalue weighted by atomic mass is 35.5. The number of nitrogens with one attached hydrogen (secondary N) is 1. The van der Waals surface area contributed by atoms with Gasteiger partial charge in [0, 0.05) is 12.2 Å². The number of aliphatic hydroxyl groups excluding tert-OH is 1. The van der Waals surface area contributed by atoms with Gasteiger partial charge in [-0.2, -0.15) is 0 Å². The number of anilines is 1. The molecule has 0 fully saturated rings. The van der Waals surface area contributed by atoms with Gasteiger partial charge in [0.05, 0.1) is 18.9 Å². The molecular weight excluding hydrogens is 244 g/mol. The Bertz CT molecular complexity index is 398. The van der Waals surface area contributed by atoms with E-state index in [4.69, 9.17) is 21.4 Å². The molecule has 1 aromatic heterocycles. The lowest BCUT2D eigenvalue weighted by molar-refractivity contribution is 0.0527. The molecule has 2 N–H and O–H groups in total. The van der Waals surface area contributed by atoms with Crippen molar-refractivity contribution in [2.24, 2.45) is 0 Å². The molecule has 0 amide bonds. The first-order chi connectivity index (χ1) is 8.08. The van der Waals surface area contributed by atoms with E-state index in [1.54, 1.807) is 13.8 Å².